The molecule has 5 nitrogen and oxygen atoms in total. The summed E-state index contributed by atoms with van der Waals surface area (Å²) in [4.78, 5) is 29.1. The monoisotopic (exact) mass is 616 g/mol. The third kappa shape index (κ3) is 8.23. The van der Waals surface area contributed by atoms with Crippen LogP contribution in [0.2, 0.25) is 10.0 Å². The van der Waals surface area contributed by atoms with Crippen LogP contribution in [-0.4, -0.2) is 35.4 Å². The number of hydrogen-bond donors (Lipinski definition) is 1. The van der Waals surface area contributed by atoms with Crippen LogP contribution < -0.4 is 10.1 Å². The fourth-order valence-corrected chi connectivity index (χ4v) is 5.28. The Morgan fingerprint density at radius 1 is 0.921 bits per heavy atom. The highest BCUT2D eigenvalue weighted by atomic mass is 79.9. The van der Waals surface area contributed by atoms with Crippen molar-refractivity contribution in [2.45, 2.75) is 57.2 Å². The van der Waals surface area contributed by atoms with E-state index in [-0.39, 0.29) is 31.0 Å². The summed E-state index contributed by atoms with van der Waals surface area (Å²) in [6, 6.07) is 21.7. The van der Waals surface area contributed by atoms with Crippen molar-refractivity contribution in [3.8, 4) is 5.75 Å². The van der Waals surface area contributed by atoms with Crippen molar-refractivity contribution in [3.63, 3.8) is 0 Å². The normalized spacial score (nSPS) is 14.5. The third-order valence-corrected chi connectivity index (χ3v) is 8.00. The lowest BCUT2D eigenvalue weighted by Crippen LogP contribution is -2.53. The Labute approximate surface area is 242 Å². The topological polar surface area (TPSA) is 58.6 Å². The van der Waals surface area contributed by atoms with Gasteiger partial charge in [0.25, 0.3) is 5.91 Å². The SMILES string of the molecule is O=C(NC1CCCCC1)C(Cc1ccccc1)N(Cc1ccc(Cl)c(Cl)c1)C(=O)COc1ccc(Br)cc1. The van der Waals surface area contributed by atoms with Crippen LogP contribution in [0.1, 0.15) is 43.2 Å². The second kappa shape index (κ2) is 14.0. The standard InChI is InChI=1S/C30H31BrCl2N2O3/c31-23-12-14-25(15-13-23)38-20-29(36)35(19-22-11-16-26(32)27(33)17-22)28(18-21-7-3-1-4-8-21)30(37)34-24-9-5-2-6-10-24/h1,3-4,7-8,11-17,24,28H,2,5-6,9-10,18-20H2,(H,34,37). The molecule has 1 unspecified atom stereocenters. The number of nitrogens with zero attached hydrogens (tertiary/aromatic N) is 1. The molecule has 1 atom stereocenters. The molecule has 1 aliphatic carbocycles. The van der Waals surface area contributed by atoms with Gasteiger partial charge in [0.05, 0.1) is 10.0 Å². The highest BCUT2D eigenvalue weighted by Gasteiger charge is 2.32. The van der Waals surface area contributed by atoms with Crippen LogP contribution in [0.15, 0.2) is 77.3 Å². The molecule has 0 saturated heterocycles. The first-order chi connectivity index (χ1) is 18.4. The van der Waals surface area contributed by atoms with Crippen LogP contribution in [-0.2, 0) is 22.6 Å². The summed E-state index contributed by atoms with van der Waals surface area (Å²) in [5.41, 5.74) is 1.75. The predicted molar refractivity (Wildman–Crippen MR) is 156 cm³/mol. The van der Waals surface area contributed by atoms with E-state index in [0.717, 1.165) is 41.3 Å². The Bertz CT molecular complexity index is 1220. The van der Waals surface area contributed by atoms with Crippen molar-refractivity contribution in [2.75, 3.05) is 6.61 Å². The molecule has 1 fully saturated rings. The van der Waals surface area contributed by atoms with Crippen molar-refractivity contribution >= 4 is 50.9 Å². The van der Waals surface area contributed by atoms with Crippen molar-refractivity contribution in [1.29, 1.82) is 0 Å². The molecule has 8 heteroatoms. The van der Waals surface area contributed by atoms with Crippen LogP contribution >= 0.6 is 39.1 Å². The summed E-state index contributed by atoms with van der Waals surface area (Å²) >= 11 is 15.8. The number of nitrogens with one attached hydrogen (secondary N) is 1. The maximum Gasteiger partial charge on any atom is 0.261 e. The highest BCUT2D eigenvalue weighted by Crippen LogP contribution is 2.25. The first kappa shape index (κ1) is 28.5. The van der Waals surface area contributed by atoms with Crippen LogP contribution in [0, 0.1) is 0 Å². The number of benzene rings is 3. The van der Waals surface area contributed by atoms with Gasteiger partial charge in [-0.1, -0.05) is 94.8 Å². The van der Waals surface area contributed by atoms with E-state index in [2.05, 4.69) is 21.2 Å². The van der Waals surface area contributed by atoms with Crippen molar-refractivity contribution < 1.29 is 14.3 Å². The van der Waals surface area contributed by atoms with Gasteiger partial charge < -0.3 is 15.0 Å². The highest BCUT2D eigenvalue weighted by molar-refractivity contribution is 9.10. The van der Waals surface area contributed by atoms with E-state index < -0.39 is 6.04 Å². The molecule has 0 spiro atoms. The third-order valence-electron chi connectivity index (χ3n) is 6.74. The second-order valence-corrected chi connectivity index (χ2v) is 11.3. The van der Waals surface area contributed by atoms with E-state index in [1.165, 1.54) is 6.42 Å². The van der Waals surface area contributed by atoms with E-state index in [9.17, 15) is 9.59 Å². The van der Waals surface area contributed by atoms with Crippen LogP contribution in [0.3, 0.4) is 0 Å². The molecule has 1 N–H and O–H groups in total. The maximum absolute atomic E-state index is 13.8. The summed E-state index contributed by atoms with van der Waals surface area (Å²) in [5, 5.41) is 4.07. The summed E-state index contributed by atoms with van der Waals surface area (Å²) < 4.78 is 6.74. The smallest absolute Gasteiger partial charge is 0.261 e. The van der Waals surface area contributed by atoms with E-state index >= 15 is 0 Å². The summed E-state index contributed by atoms with van der Waals surface area (Å²) in [6.45, 7) is -0.0139. The van der Waals surface area contributed by atoms with Gasteiger partial charge in [-0.2, -0.15) is 0 Å². The number of rotatable bonds is 10. The molecule has 0 bridgehead atoms. The van der Waals surface area contributed by atoms with Gasteiger partial charge >= 0.3 is 0 Å². The van der Waals surface area contributed by atoms with E-state index in [4.69, 9.17) is 27.9 Å². The van der Waals surface area contributed by atoms with Gasteiger partial charge in [-0.25, -0.2) is 0 Å². The fraction of sp³-hybridized carbons (Fsp3) is 0.333. The van der Waals surface area contributed by atoms with Gasteiger partial charge in [-0.3, -0.25) is 9.59 Å². The zero-order valence-corrected chi connectivity index (χ0v) is 24.1. The fourth-order valence-electron chi connectivity index (χ4n) is 4.69. The second-order valence-electron chi connectivity index (χ2n) is 9.56. The summed E-state index contributed by atoms with van der Waals surface area (Å²) in [6.07, 6.45) is 5.68. The lowest BCUT2D eigenvalue weighted by atomic mass is 9.94. The Morgan fingerprint density at radius 3 is 2.32 bits per heavy atom. The maximum atomic E-state index is 13.8. The van der Waals surface area contributed by atoms with Gasteiger partial charge in [0.1, 0.15) is 11.8 Å². The van der Waals surface area contributed by atoms with E-state index in [1.54, 1.807) is 29.2 Å². The lowest BCUT2D eigenvalue weighted by molar-refractivity contribution is -0.143. The largest absolute Gasteiger partial charge is 0.484 e. The average Bonchev–Trinajstić information content (AvgIpc) is 2.93. The number of carbonyl (C=O) groups is 2. The molecule has 200 valence electrons. The van der Waals surface area contributed by atoms with Gasteiger partial charge in [0.2, 0.25) is 5.91 Å². The Hall–Kier alpha value is -2.54. The first-order valence-corrected chi connectivity index (χ1v) is 14.4. The molecule has 0 aliphatic heterocycles. The van der Waals surface area contributed by atoms with Crippen molar-refractivity contribution in [3.05, 3.63) is 98.4 Å². The Morgan fingerprint density at radius 2 is 1.63 bits per heavy atom. The lowest BCUT2D eigenvalue weighted by Gasteiger charge is -2.33. The summed E-state index contributed by atoms with van der Waals surface area (Å²) in [5.74, 6) is 0.124. The molecular weight excluding hydrogens is 587 g/mol. The molecule has 0 heterocycles. The number of carbonyl (C=O) groups excluding carboxylic acids is 2. The number of halogens is 3. The van der Waals surface area contributed by atoms with Crippen LogP contribution in [0.25, 0.3) is 0 Å². The molecule has 4 rings (SSSR count). The van der Waals surface area contributed by atoms with E-state index in [0.29, 0.717) is 22.2 Å². The van der Waals surface area contributed by atoms with Gasteiger partial charge in [-0.15, -0.1) is 0 Å². The number of hydrogen-bond acceptors (Lipinski definition) is 3. The number of ether oxygens (including phenoxy) is 1. The molecule has 1 aliphatic rings. The molecule has 3 aromatic rings. The Kier molecular flexibility index (Phi) is 10.5. The van der Waals surface area contributed by atoms with Gasteiger partial charge in [0, 0.05) is 23.5 Å². The van der Waals surface area contributed by atoms with Crippen molar-refractivity contribution in [2.24, 2.45) is 0 Å². The minimum absolute atomic E-state index is 0.121. The Balaban J connectivity index is 1.62. The molecule has 0 radical (unpaired) electrons. The molecule has 38 heavy (non-hydrogen) atoms. The minimum atomic E-state index is -0.727. The quantitative estimate of drug-likeness (QED) is 0.261. The van der Waals surface area contributed by atoms with E-state index in [1.807, 2.05) is 48.5 Å². The predicted octanol–water partition coefficient (Wildman–Crippen LogP) is 7.22. The van der Waals surface area contributed by atoms with Gasteiger partial charge in [-0.05, 0) is 60.4 Å². The minimum Gasteiger partial charge on any atom is -0.484 e. The zero-order valence-electron chi connectivity index (χ0n) is 21.0. The molecular formula is C30H31BrCl2N2O3. The first-order valence-electron chi connectivity index (χ1n) is 12.8. The molecule has 0 aromatic heterocycles. The molecule has 2 amide bonds. The van der Waals surface area contributed by atoms with Crippen molar-refractivity contribution in [1.82, 2.24) is 10.2 Å². The van der Waals surface area contributed by atoms with Crippen LogP contribution in [0.4, 0.5) is 0 Å². The van der Waals surface area contributed by atoms with Gasteiger partial charge in [0.15, 0.2) is 6.61 Å². The van der Waals surface area contributed by atoms with Crippen LogP contribution in [0.5, 0.6) is 5.75 Å². The number of amides is 2. The molecule has 1 saturated carbocycles. The zero-order chi connectivity index (χ0) is 26.9. The average molecular weight is 618 g/mol. The summed E-state index contributed by atoms with van der Waals surface area (Å²) in [7, 11) is 0. The molecule has 3 aromatic carbocycles.